The maximum absolute atomic E-state index is 11.2. The average Bonchev–Trinajstić information content (AvgIpc) is 2.77. The molecule has 0 bridgehead atoms. The van der Waals surface area contributed by atoms with Crippen molar-refractivity contribution < 1.29 is 9.53 Å². The van der Waals surface area contributed by atoms with Crippen molar-refractivity contribution in [1.82, 2.24) is 4.98 Å². The van der Waals surface area contributed by atoms with Crippen LogP contribution in [-0.4, -0.2) is 18.1 Å². The first-order valence-electron chi connectivity index (χ1n) is 4.57. The standard InChI is InChI=1S/C11H9NO3S/c1-15-11(14)9-5-7(6-16-9)8-3-2-4-10(13)12-8/h2-6H,1H3,(H,12,13). The molecule has 0 amide bonds. The summed E-state index contributed by atoms with van der Waals surface area (Å²) in [5.74, 6) is -0.366. The maximum atomic E-state index is 11.2. The van der Waals surface area contributed by atoms with E-state index in [4.69, 9.17) is 0 Å². The van der Waals surface area contributed by atoms with Crippen LogP contribution >= 0.6 is 11.3 Å². The Morgan fingerprint density at radius 2 is 2.25 bits per heavy atom. The molecule has 1 N–H and O–H groups in total. The van der Waals surface area contributed by atoms with Gasteiger partial charge in [-0.2, -0.15) is 0 Å². The summed E-state index contributed by atoms with van der Waals surface area (Å²) in [6.45, 7) is 0. The molecule has 2 heterocycles. The Kier molecular flexibility index (Phi) is 2.87. The van der Waals surface area contributed by atoms with Gasteiger partial charge >= 0.3 is 5.97 Å². The number of esters is 1. The number of pyridine rings is 1. The number of aromatic amines is 1. The van der Waals surface area contributed by atoms with E-state index in [0.717, 1.165) is 5.56 Å². The van der Waals surface area contributed by atoms with Crippen LogP contribution in [0.1, 0.15) is 9.67 Å². The number of methoxy groups -OCH3 is 1. The maximum Gasteiger partial charge on any atom is 0.348 e. The predicted molar refractivity (Wildman–Crippen MR) is 61.7 cm³/mol. The highest BCUT2D eigenvalue weighted by atomic mass is 32.1. The predicted octanol–water partition coefficient (Wildman–Crippen LogP) is 1.89. The lowest BCUT2D eigenvalue weighted by Crippen LogP contribution is -2.03. The molecule has 2 rings (SSSR count). The van der Waals surface area contributed by atoms with Gasteiger partial charge in [0.15, 0.2) is 0 Å². The second kappa shape index (κ2) is 4.32. The van der Waals surface area contributed by atoms with Gasteiger partial charge in [-0.15, -0.1) is 11.3 Å². The molecule has 0 saturated carbocycles. The molecular weight excluding hydrogens is 226 g/mol. The molecule has 0 radical (unpaired) electrons. The van der Waals surface area contributed by atoms with Gasteiger partial charge in [0.1, 0.15) is 4.88 Å². The molecule has 5 heteroatoms. The molecule has 2 aromatic rings. The van der Waals surface area contributed by atoms with E-state index in [9.17, 15) is 9.59 Å². The Hall–Kier alpha value is -1.88. The van der Waals surface area contributed by atoms with Crippen LogP contribution in [0.5, 0.6) is 0 Å². The van der Waals surface area contributed by atoms with Gasteiger partial charge in [0, 0.05) is 22.7 Å². The summed E-state index contributed by atoms with van der Waals surface area (Å²) >= 11 is 1.29. The zero-order valence-corrected chi connectivity index (χ0v) is 9.34. The van der Waals surface area contributed by atoms with Crippen LogP contribution in [0.15, 0.2) is 34.4 Å². The van der Waals surface area contributed by atoms with Crippen molar-refractivity contribution in [3.8, 4) is 11.3 Å². The minimum absolute atomic E-state index is 0.164. The summed E-state index contributed by atoms with van der Waals surface area (Å²) in [6.07, 6.45) is 0. The lowest BCUT2D eigenvalue weighted by Gasteiger charge is -1.95. The lowest BCUT2D eigenvalue weighted by atomic mass is 10.2. The Morgan fingerprint density at radius 3 is 2.94 bits per heavy atom. The van der Waals surface area contributed by atoms with Crippen molar-refractivity contribution in [1.29, 1.82) is 0 Å². The van der Waals surface area contributed by atoms with E-state index >= 15 is 0 Å². The summed E-state index contributed by atoms with van der Waals surface area (Å²) in [7, 11) is 1.34. The average molecular weight is 235 g/mol. The Balaban J connectivity index is 2.39. The number of ether oxygens (including phenoxy) is 1. The monoisotopic (exact) mass is 235 g/mol. The molecule has 0 aromatic carbocycles. The summed E-state index contributed by atoms with van der Waals surface area (Å²) in [5.41, 5.74) is 1.34. The highest BCUT2D eigenvalue weighted by Crippen LogP contribution is 2.23. The minimum Gasteiger partial charge on any atom is -0.465 e. The van der Waals surface area contributed by atoms with Crippen molar-refractivity contribution in [3.63, 3.8) is 0 Å². The van der Waals surface area contributed by atoms with E-state index in [1.807, 2.05) is 0 Å². The fourth-order valence-electron chi connectivity index (χ4n) is 1.30. The molecule has 0 saturated heterocycles. The first-order valence-corrected chi connectivity index (χ1v) is 5.45. The van der Waals surface area contributed by atoms with E-state index < -0.39 is 0 Å². The second-order valence-corrected chi connectivity index (χ2v) is 4.03. The van der Waals surface area contributed by atoms with Crippen LogP contribution in [0, 0.1) is 0 Å². The van der Waals surface area contributed by atoms with Crippen molar-refractivity contribution in [2.45, 2.75) is 0 Å². The van der Waals surface area contributed by atoms with Gasteiger partial charge in [0.05, 0.1) is 7.11 Å². The van der Waals surface area contributed by atoms with Gasteiger partial charge in [-0.3, -0.25) is 4.79 Å². The SMILES string of the molecule is COC(=O)c1cc(-c2cccc(=O)[nH]2)cs1. The van der Waals surface area contributed by atoms with Crippen molar-refractivity contribution >= 4 is 17.3 Å². The highest BCUT2D eigenvalue weighted by Gasteiger charge is 2.10. The van der Waals surface area contributed by atoms with Gasteiger partial charge in [0.2, 0.25) is 5.56 Å². The molecule has 82 valence electrons. The first-order chi connectivity index (χ1) is 7.70. The van der Waals surface area contributed by atoms with Gasteiger partial charge in [-0.25, -0.2) is 4.79 Å². The van der Waals surface area contributed by atoms with Crippen molar-refractivity contribution in [3.05, 3.63) is 44.9 Å². The second-order valence-electron chi connectivity index (χ2n) is 3.12. The molecule has 4 nitrogen and oxygen atoms in total. The lowest BCUT2D eigenvalue weighted by molar-refractivity contribution is 0.0606. The Bertz CT molecular complexity index is 570. The molecule has 16 heavy (non-hydrogen) atoms. The molecule has 0 atom stereocenters. The molecule has 2 aromatic heterocycles. The zero-order valence-electron chi connectivity index (χ0n) is 8.52. The van der Waals surface area contributed by atoms with Crippen LogP contribution in [0.3, 0.4) is 0 Å². The molecule has 0 spiro atoms. The van der Waals surface area contributed by atoms with Crippen LogP contribution in [0.25, 0.3) is 11.3 Å². The number of carbonyl (C=O) groups excluding carboxylic acids is 1. The minimum atomic E-state index is -0.366. The number of nitrogens with one attached hydrogen (secondary N) is 1. The van der Waals surface area contributed by atoms with Crippen LogP contribution < -0.4 is 5.56 Å². The topological polar surface area (TPSA) is 59.2 Å². The van der Waals surface area contributed by atoms with Gasteiger partial charge in [-0.05, 0) is 12.1 Å². The molecule has 0 aliphatic heterocycles. The smallest absolute Gasteiger partial charge is 0.348 e. The number of hydrogen-bond donors (Lipinski definition) is 1. The quantitative estimate of drug-likeness (QED) is 0.808. The van der Waals surface area contributed by atoms with Crippen molar-refractivity contribution in [2.75, 3.05) is 7.11 Å². The fraction of sp³-hybridized carbons (Fsp3) is 0.0909. The molecular formula is C11H9NO3S. The number of thiophene rings is 1. The third-order valence-electron chi connectivity index (χ3n) is 2.07. The Morgan fingerprint density at radius 1 is 1.44 bits per heavy atom. The van der Waals surface area contributed by atoms with Crippen LogP contribution in [-0.2, 0) is 4.74 Å². The number of aromatic nitrogens is 1. The van der Waals surface area contributed by atoms with Gasteiger partial charge in [0.25, 0.3) is 0 Å². The summed E-state index contributed by atoms with van der Waals surface area (Å²) < 4.78 is 4.61. The van der Waals surface area contributed by atoms with E-state index in [-0.39, 0.29) is 11.5 Å². The first kappa shape index (κ1) is 10.6. The third kappa shape index (κ3) is 2.04. The third-order valence-corrected chi connectivity index (χ3v) is 2.98. The van der Waals surface area contributed by atoms with E-state index in [2.05, 4.69) is 9.72 Å². The largest absolute Gasteiger partial charge is 0.465 e. The number of carbonyl (C=O) groups is 1. The van der Waals surface area contributed by atoms with Gasteiger partial charge in [-0.1, -0.05) is 6.07 Å². The molecule has 0 unspecified atom stereocenters. The van der Waals surface area contributed by atoms with Crippen LogP contribution in [0.4, 0.5) is 0 Å². The summed E-state index contributed by atoms with van der Waals surface area (Å²) in [6, 6.07) is 6.59. The zero-order chi connectivity index (χ0) is 11.5. The van der Waals surface area contributed by atoms with E-state index in [0.29, 0.717) is 10.6 Å². The molecule has 0 fully saturated rings. The molecule has 0 aliphatic rings. The van der Waals surface area contributed by atoms with Crippen molar-refractivity contribution in [2.24, 2.45) is 0 Å². The number of hydrogen-bond acceptors (Lipinski definition) is 4. The normalized spacial score (nSPS) is 10.1. The number of H-pyrrole nitrogens is 1. The highest BCUT2D eigenvalue weighted by molar-refractivity contribution is 7.12. The fourth-order valence-corrected chi connectivity index (χ4v) is 2.12. The summed E-state index contributed by atoms with van der Waals surface area (Å²) in [4.78, 5) is 25.6. The van der Waals surface area contributed by atoms with Crippen LogP contribution in [0.2, 0.25) is 0 Å². The van der Waals surface area contributed by atoms with E-state index in [1.54, 1.807) is 23.6 Å². The Labute approximate surface area is 95.5 Å². The van der Waals surface area contributed by atoms with Gasteiger partial charge < -0.3 is 9.72 Å². The van der Waals surface area contributed by atoms with E-state index in [1.165, 1.54) is 24.5 Å². The summed E-state index contributed by atoms with van der Waals surface area (Å²) in [5, 5.41) is 1.80. The number of rotatable bonds is 2. The molecule has 0 aliphatic carbocycles.